The molecular weight excluding hydrogens is 1780 g/mol. The average molecular weight is 1900 g/mol. The molecular formula is C92H116F3N17O22S. The minimum atomic E-state index is -2.11. The summed E-state index contributed by atoms with van der Waals surface area (Å²) in [5.41, 5.74) is 13.0. The quantitative estimate of drug-likeness (QED) is 0.0250. The summed E-state index contributed by atoms with van der Waals surface area (Å²) in [5, 5.41) is 77.2. The van der Waals surface area contributed by atoms with Gasteiger partial charge in [-0.1, -0.05) is 125 Å². The topological polar surface area (TPSA) is 584 Å². The van der Waals surface area contributed by atoms with Crippen molar-refractivity contribution in [3.63, 3.8) is 0 Å². The van der Waals surface area contributed by atoms with Crippen LogP contribution in [0.3, 0.4) is 0 Å². The number of fused-ring (bicyclic) bond motifs is 3. The summed E-state index contributed by atoms with van der Waals surface area (Å²) >= 11 is 0.628. The molecule has 15 atom stereocenters. The normalized spacial score (nSPS) is 24.5. The molecule has 3 aliphatic rings. The van der Waals surface area contributed by atoms with Crippen molar-refractivity contribution >= 4 is 123 Å². The maximum atomic E-state index is 15.7. The number of aliphatic carboxylic acids is 2. The number of nitrogens with zero attached hydrogens (tertiary/aromatic N) is 5. The fourth-order valence-corrected chi connectivity index (χ4v) is 17.2. The number of hydrogen-bond donors (Lipinski definition) is 17. The lowest BCUT2D eigenvalue weighted by Gasteiger charge is -2.38. The van der Waals surface area contributed by atoms with Crippen molar-refractivity contribution in [2.24, 2.45) is 17.4 Å². The number of aromatic hydroxyl groups is 1. The molecule has 0 radical (unpaired) electrons. The number of aromatic nitrogens is 1. The van der Waals surface area contributed by atoms with Crippen molar-refractivity contribution in [2.75, 3.05) is 58.8 Å². The number of carbonyl (C=O) groups is 17. The zero-order valence-corrected chi connectivity index (χ0v) is 76.1. The lowest BCUT2D eigenvalue weighted by atomic mass is 9.98. The first kappa shape index (κ1) is 105. The predicted molar refractivity (Wildman–Crippen MR) is 483 cm³/mol. The van der Waals surface area contributed by atoms with Crippen molar-refractivity contribution in [1.82, 2.24) is 77.3 Å². The number of para-hydroxylation sites is 1. The Bertz CT molecular complexity index is 5260. The van der Waals surface area contributed by atoms with Gasteiger partial charge in [0.15, 0.2) is 17.5 Å². The van der Waals surface area contributed by atoms with Gasteiger partial charge in [0.1, 0.15) is 84.3 Å². The highest BCUT2D eigenvalue weighted by atomic mass is 32.2. The van der Waals surface area contributed by atoms with E-state index >= 15 is 56.7 Å². The van der Waals surface area contributed by atoms with Crippen LogP contribution in [0.15, 0.2) is 128 Å². The standard InChI is InChI=1S/C92H116F3N17O22S/c1-7-8-26-69-91(133)112-46-57(115)40-72(112)87(129)104-65(41-76(118)119)84(126)107-79(49(2)3)92(134)109(5)70(36-50-19-11-9-12-20-50)85(127)105-67(42-77(120)121)89(131)111-45-56(114)39-71(111)86(128)103-64(38-54-43-98-61-24-16-15-23-58(54)61)83(125)102-63(34-52-27-29-55(113)30-28-52)82(124)101-62(25-17-18-31-96)81(123)106-68(80(122)99-44-74(97)116)47-135-48-75(117)100-66(35-53-32-59(93)78(95)60(94)33-53)88(130)110(6)73(90(132)108(69)4)37-51-21-13-10-14-22-51/h9-16,19-24,27-30,32-33,43,49,56-57,62-73,79,98,113-115H,7-8,17-18,25-26,31,34-42,44-48,96H2,1-6H3,(H2,97,116)(H,99,122)(H,100,117)(H,101,124)(H,102,125)(H,103,128)(H,104,129)(H,105,127)(H,106,123)(H,107,126)(H,118,119)(H,120,121)/t56-,57-,62+,63+,64+,65+,66+,67+,68+,69+,70-,71-,72-,73+,79+/m1/s1. The van der Waals surface area contributed by atoms with Gasteiger partial charge < -0.3 is 114 Å². The third-order valence-electron chi connectivity index (χ3n) is 23.7. The Kier molecular flexibility index (Phi) is 38.5. The maximum Gasteiger partial charge on any atom is 0.305 e. The number of nitrogens with one attached hydrogen (secondary N) is 10. The van der Waals surface area contributed by atoms with Crippen molar-refractivity contribution in [1.29, 1.82) is 0 Å². The van der Waals surface area contributed by atoms with E-state index in [2.05, 4.69) is 52.8 Å². The van der Waals surface area contributed by atoms with E-state index in [-0.39, 0.29) is 57.2 Å². The highest BCUT2D eigenvalue weighted by Gasteiger charge is 2.49. The van der Waals surface area contributed by atoms with Gasteiger partial charge in [0.2, 0.25) is 88.6 Å². The number of primary amides is 1. The molecule has 0 unspecified atom stereocenters. The molecule has 15 amide bonds. The molecule has 4 heterocycles. The van der Waals surface area contributed by atoms with Gasteiger partial charge in [0.25, 0.3) is 0 Å². The number of carbonyl (C=O) groups excluding carboxylic acids is 15. The van der Waals surface area contributed by atoms with Crippen molar-refractivity contribution in [2.45, 2.75) is 208 Å². The number of phenolic OH excluding ortho intramolecular Hbond substituents is 1. The second kappa shape index (κ2) is 49.4. The second-order valence-corrected chi connectivity index (χ2v) is 35.1. The molecule has 39 nitrogen and oxygen atoms in total. The first-order valence-corrected chi connectivity index (χ1v) is 45.3. The molecule has 1 aromatic heterocycles. The third kappa shape index (κ3) is 29.2. The van der Waals surface area contributed by atoms with Gasteiger partial charge in [-0.15, -0.1) is 11.8 Å². The van der Waals surface area contributed by atoms with Gasteiger partial charge in [0.05, 0.1) is 37.3 Å². The molecule has 3 saturated heterocycles. The Morgan fingerprint density at radius 1 is 0.504 bits per heavy atom. The molecule has 728 valence electrons. The van der Waals surface area contributed by atoms with Crippen LogP contribution in [-0.4, -0.2) is 305 Å². The van der Waals surface area contributed by atoms with Crippen molar-refractivity contribution in [3.8, 4) is 5.75 Å². The first-order chi connectivity index (χ1) is 64.1. The number of hydrogen-bond acceptors (Lipinski definition) is 22. The number of rotatable bonds is 25. The molecule has 6 aromatic rings. The second-order valence-electron chi connectivity index (χ2n) is 34.1. The molecule has 3 aliphatic heterocycles. The Labute approximate surface area is 779 Å². The summed E-state index contributed by atoms with van der Waals surface area (Å²) in [6, 6.07) is 6.05. The molecule has 9 rings (SSSR count). The molecule has 135 heavy (non-hydrogen) atoms. The largest absolute Gasteiger partial charge is 0.508 e. The molecule has 43 heteroatoms. The molecule has 0 spiro atoms. The smallest absolute Gasteiger partial charge is 0.305 e. The molecule has 0 saturated carbocycles. The van der Waals surface area contributed by atoms with Gasteiger partial charge in [-0.3, -0.25) is 81.5 Å². The number of aromatic amines is 1. The number of aliphatic hydroxyl groups excluding tert-OH is 2. The number of aliphatic hydroxyl groups is 2. The molecule has 0 bridgehead atoms. The number of amides is 15. The van der Waals surface area contributed by atoms with Crippen molar-refractivity contribution < 1.29 is 120 Å². The van der Waals surface area contributed by atoms with E-state index in [9.17, 15) is 63.5 Å². The fourth-order valence-electron chi connectivity index (χ4n) is 16.4. The van der Waals surface area contributed by atoms with Crippen LogP contribution in [0.25, 0.3) is 10.9 Å². The van der Waals surface area contributed by atoms with Crippen LogP contribution in [0, 0.1) is 23.4 Å². The lowest BCUT2D eigenvalue weighted by molar-refractivity contribution is -0.152. The van der Waals surface area contributed by atoms with E-state index in [4.69, 9.17) is 11.5 Å². The van der Waals surface area contributed by atoms with E-state index in [1.54, 1.807) is 91.9 Å². The average Bonchev–Trinajstić information content (AvgIpc) is 1.74. The molecule has 0 aliphatic carbocycles. The Balaban J connectivity index is 1.15. The van der Waals surface area contributed by atoms with Crippen LogP contribution in [0.4, 0.5) is 13.2 Å². The Morgan fingerprint density at radius 2 is 1.00 bits per heavy atom. The summed E-state index contributed by atoms with van der Waals surface area (Å²) in [6.07, 6.45) is -6.76. The summed E-state index contributed by atoms with van der Waals surface area (Å²) in [4.78, 5) is 258. The number of carboxylic acid groups (broad SMARTS) is 2. The predicted octanol–water partition coefficient (Wildman–Crippen LogP) is -0.640. The number of halogens is 3. The summed E-state index contributed by atoms with van der Waals surface area (Å²) < 4.78 is 45.1. The number of phenols is 1. The minimum Gasteiger partial charge on any atom is -0.508 e. The number of likely N-dealkylation sites (N-methyl/N-ethyl adjacent to an activating group) is 3. The number of unbranched alkanes of at least 4 members (excludes halogenated alkanes) is 2. The van der Waals surface area contributed by atoms with Gasteiger partial charge in [-0.25, -0.2) is 13.2 Å². The zero-order valence-electron chi connectivity index (χ0n) is 75.3. The summed E-state index contributed by atoms with van der Waals surface area (Å²) in [6.45, 7) is 2.68. The maximum absolute atomic E-state index is 15.7. The molecule has 3 fully saturated rings. The van der Waals surface area contributed by atoms with E-state index in [1.165, 1.54) is 51.4 Å². The fraction of sp³-hybridized carbons (Fsp3) is 0.467. The number of H-pyrrole nitrogens is 1. The van der Waals surface area contributed by atoms with E-state index in [1.807, 2.05) is 0 Å². The molecule has 5 aromatic carbocycles. The van der Waals surface area contributed by atoms with Crippen LogP contribution in [0.2, 0.25) is 0 Å². The van der Waals surface area contributed by atoms with Gasteiger partial charge in [-0.2, -0.15) is 0 Å². The van der Waals surface area contributed by atoms with E-state index < -0.39 is 296 Å². The summed E-state index contributed by atoms with van der Waals surface area (Å²) in [5.74, 6) is -27.8. The van der Waals surface area contributed by atoms with E-state index in [0.29, 0.717) is 63.5 Å². The van der Waals surface area contributed by atoms with Gasteiger partial charge >= 0.3 is 11.9 Å². The van der Waals surface area contributed by atoms with Crippen LogP contribution >= 0.6 is 11.8 Å². The minimum absolute atomic E-state index is 0.0657. The zero-order chi connectivity index (χ0) is 98.8. The Hall–Kier alpha value is -13.6. The van der Waals surface area contributed by atoms with Crippen LogP contribution in [-0.2, 0) is 114 Å². The Morgan fingerprint density at radius 3 is 1.58 bits per heavy atom. The number of nitrogens with two attached hydrogens (primary N) is 2. The van der Waals surface area contributed by atoms with E-state index in [0.717, 1.165) is 38.6 Å². The van der Waals surface area contributed by atoms with Gasteiger partial charge in [0, 0.05) is 102 Å². The lowest BCUT2D eigenvalue weighted by Crippen LogP contribution is -2.62. The monoisotopic (exact) mass is 1900 g/mol. The number of carboxylic acids is 2. The molecule has 19 N–H and O–H groups in total. The number of benzene rings is 5. The number of thioether (sulfide) groups is 1. The SMILES string of the molecule is CCCC[C@H]1C(=O)N2C[C@H](O)C[C@@H]2C(=O)N[C@@H](CC(=O)O)C(=O)N[C@@H](C(C)C)C(=O)N(C)[C@H](Cc2ccccc2)C(=O)N[C@@H](CC(=O)O)C(=O)N2C[C@H](O)C[C@@H]2C(=O)N[C@@H](Cc2c[nH]c3ccccc23)C(=O)N[C@@H](Cc2ccc(O)cc2)C(=O)N[C@@H](CCCCN)C(=O)N[C@H](C(=O)NCC(N)=O)CSCC(=O)N[C@@H](Cc2cc(F)c(F)c(F)c2)C(=O)N(C)[C@@H](Cc2ccccc2)C(=O)N1C. The van der Waals surface area contributed by atoms with Crippen LogP contribution in [0.1, 0.15) is 113 Å². The van der Waals surface area contributed by atoms with Crippen LogP contribution in [0.5, 0.6) is 5.75 Å². The third-order valence-corrected chi connectivity index (χ3v) is 24.7. The first-order valence-electron chi connectivity index (χ1n) is 44.2. The van der Waals surface area contributed by atoms with Crippen LogP contribution < -0.4 is 59.3 Å². The highest BCUT2D eigenvalue weighted by Crippen LogP contribution is 2.29. The van der Waals surface area contributed by atoms with Crippen molar-refractivity contribution in [3.05, 3.63) is 173 Å². The van der Waals surface area contributed by atoms with Gasteiger partial charge in [-0.05, 0) is 96.3 Å². The summed E-state index contributed by atoms with van der Waals surface area (Å²) in [7, 11) is 3.50. The highest BCUT2D eigenvalue weighted by molar-refractivity contribution is 8.00.